The zero-order valence-electron chi connectivity index (χ0n) is 15.7. The SMILES string of the molecule is CN(CC(=O)O)C1CCCN(C(=O)NCCSCc2ccccc2F)CC1. The van der Waals surface area contributed by atoms with Gasteiger partial charge in [0.15, 0.2) is 0 Å². The maximum Gasteiger partial charge on any atom is 0.317 e. The van der Waals surface area contributed by atoms with E-state index in [1.807, 2.05) is 18.0 Å². The van der Waals surface area contributed by atoms with Crippen LogP contribution >= 0.6 is 11.8 Å². The van der Waals surface area contributed by atoms with E-state index < -0.39 is 5.97 Å². The molecule has 1 aliphatic heterocycles. The van der Waals surface area contributed by atoms with Crippen molar-refractivity contribution in [2.45, 2.75) is 31.1 Å². The summed E-state index contributed by atoms with van der Waals surface area (Å²) >= 11 is 1.59. The fourth-order valence-corrected chi connectivity index (χ4v) is 4.05. The highest BCUT2D eigenvalue weighted by atomic mass is 32.2. The summed E-state index contributed by atoms with van der Waals surface area (Å²) in [5, 5.41) is 11.8. The Bertz CT molecular complexity index is 632. The molecule has 0 saturated carbocycles. The molecule has 27 heavy (non-hydrogen) atoms. The number of likely N-dealkylation sites (tertiary alicyclic amines) is 1. The predicted molar refractivity (Wildman–Crippen MR) is 105 cm³/mol. The van der Waals surface area contributed by atoms with E-state index in [2.05, 4.69) is 5.32 Å². The van der Waals surface area contributed by atoms with Crippen LogP contribution in [0.5, 0.6) is 0 Å². The molecular formula is C19H28FN3O3S. The van der Waals surface area contributed by atoms with E-state index in [0.29, 0.717) is 31.0 Å². The van der Waals surface area contributed by atoms with Gasteiger partial charge in [0.1, 0.15) is 5.82 Å². The molecule has 2 amide bonds. The first-order valence-electron chi connectivity index (χ1n) is 9.23. The van der Waals surface area contributed by atoms with Gasteiger partial charge in [-0.05, 0) is 37.9 Å². The number of carboxylic acid groups (broad SMARTS) is 1. The van der Waals surface area contributed by atoms with Gasteiger partial charge in [0.25, 0.3) is 0 Å². The number of thioether (sulfide) groups is 1. The van der Waals surface area contributed by atoms with Gasteiger partial charge >= 0.3 is 12.0 Å². The maximum atomic E-state index is 13.5. The number of rotatable bonds is 8. The summed E-state index contributed by atoms with van der Waals surface area (Å²) in [4.78, 5) is 26.8. The molecule has 1 heterocycles. The number of carbonyl (C=O) groups is 2. The van der Waals surface area contributed by atoms with Gasteiger partial charge in [0.05, 0.1) is 6.54 Å². The minimum absolute atomic E-state index is 0.0239. The van der Waals surface area contributed by atoms with Crippen molar-refractivity contribution >= 4 is 23.8 Å². The normalized spacial score (nSPS) is 17.6. The summed E-state index contributed by atoms with van der Waals surface area (Å²) in [6.45, 7) is 1.88. The van der Waals surface area contributed by atoms with Gasteiger partial charge in [-0.25, -0.2) is 9.18 Å². The van der Waals surface area contributed by atoms with Crippen LogP contribution in [-0.4, -0.2) is 71.9 Å². The number of likely N-dealkylation sites (N-methyl/N-ethyl adjacent to an activating group) is 1. The van der Waals surface area contributed by atoms with Gasteiger partial charge in [-0.1, -0.05) is 18.2 Å². The van der Waals surface area contributed by atoms with Gasteiger partial charge in [-0.3, -0.25) is 9.69 Å². The third-order valence-corrected chi connectivity index (χ3v) is 5.74. The van der Waals surface area contributed by atoms with Gasteiger partial charge in [0.2, 0.25) is 0 Å². The number of amides is 2. The first-order chi connectivity index (χ1) is 13.0. The minimum Gasteiger partial charge on any atom is -0.480 e. The number of hydrogen-bond donors (Lipinski definition) is 2. The second kappa shape index (κ2) is 11.1. The first-order valence-corrected chi connectivity index (χ1v) is 10.4. The Morgan fingerprint density at radius 2 is 2.11 bits per heavy atom. The Kier molecular flexibility index (Phi) is 8.87. The molecule has 0 bridgehead atoms. The van der Waals surface area contributed by atoms with Gasteiger partial charge < -0.3 is 15.3 Å². The summed E-state index contributed by atoms with van der Waals surface area (Å²) in [5.41, 5.74) is 0.679. The first kappa shape index (κ1) is 21.5. The molecule has 2 N–H and O–H groups in total. The monoisotopic (exact) mass is 397 g/mol. The van der Waals surface area contributed by atoms with Crippen molar-refractivity contribution in [2.24, 2.45) is 0 Å². The Labute approximate surface area is 164 Å². The molecule has 1 aliphatic rings. The molecule has 150 valence electrons. The number of nitrogens with zero attached hydrogens (tertiary/aromatic N) is 2. The molecular weight excluding hydrogens is 369 g/mol. The van der Waals surface area contributed by atoms with E-state index in [0.717, 1.165) is 25.0 Å². The van der Waals surface area contributed by atoms with Crippen molar-refractivity contribution < 1.29 is 19.1 Å². The van der Waals surface area contributed by atoms with E-state index >= 15 is 0 Å². The highest BCUT2D eigenvalue weighted by Crippen LogP contribution is 2.16. The minimum atomic E-state index is -0.829. The second-order valence-corrected chi connectivity index (χ2v) is 7.86. The second-order valence-electron chi connectivity index (χ2n) is 6.76. The highest BCUT2D eigenvalue weighted by molar-refractivity contribution is 7.98. The van der Waals surface area contributed by atoms with E-state index in [1.54, 1.807) is 28.8 Å². The zero-order valence-corrected chi connectivity index (χ0v) is 16.5. The number of hydrogen-bond acceptors (Lipinski definition) is 4. The zero-order chi connectivity index (χ0) is 19.6. The van der Waals surface area contributed by atoms with E-state index in [-0.39, 0.29) is 24.4 Å². The Morgan fingerprint density at radius 3 is 2.85 bits per heavy atom. The average molecular weight is 398 g/mol. The van der Waals surface area contributed by atoms with Crippen molar-refractivity contribution in [3.8, 4) is 0 Å². The number of urea groups is 1. The fourth-order valence-electron chi connectivity index (χ4n) is 3.20. The van der Waals surface area contributed by atoms with Gasteiger partial charge in [-0.2, -0.15) is 11.8 Å². The van der Waals surface area contributed by atoms with Gasteiger partial charge in [0, 0.05) is 37.2 Å². The van der Waals surface area contributed by atoms with Crippen LogP contribution in [0.15, 0.2) is 24.3 Å². The van der Waals surface area contributed by atoms with Crippen molar-refractivity contribution in [3.05, 3.63) is 35.6 Å². The molecule has 2 rings (SSSR count). The molecule has 1 saturated heterocycles. The molecule has 1 aromatic rings. The Hall–Kier alpha value is -1.80. The van der Waals surface area contributed by atoms with Crippen LogP contribution in [-0.2, 0) is 10.5 Å². The quantitative estimate of drug-likeness (QED) is 0.660. The van der Waals surface area contributed by atoms with Crippen LogP contribution in [0.3, 0.4) is 0 Å². The Balaban J connectivity index is 1.65. The lowest BCUT2D eigenvalue weighted by Crippen LogP contribution is -2.42. The molecule has 1 fully saturated rings. The number of carbonyl (C=O) groups excluding carboxylic acids is 1. The van der Waals surface area contributed by atoms with Crippen LogP contribution in [0, 0.1) is 5.82 Å². The summed E-state index contributed by atoms with van der Waals surface area (Å²) < 4.78 is 13.5. The predicted octanol–water partition coefficient (Wildman–Crippen LogP) is 2.64. The molecule has 1 aromatic carbocycles. The largest absolute Gasteiger partial charge is 0.480 e. The summed E-state index contributed by atoms with van der Waals surface area (Å²) in [6.07, 6.45) is 2.54. The van der Waals surface area contributed by atoms with Crippen LogP contribution in [0.2, 0.25) is 0 Å². The van der Waals surface area contributed by atoms with Crippen molar-refractivity contribution in [1.82, 2.24) is 15.1 Å². The smallest absolute Gasteiger partial charge is 0.317 e. The molecule has 0 radical (unpaired) electrons. The maximum absolute atomic E-state index is 13.5. The third-order valence-electron chi connectivity index (χ3n) is 4.73. The van der Waals surface area contributed by atoms with Crippen LogP contribution in [0.1, 0.15) is 24.8 Å². The number of carboxylic acids is 1. The van der Waals surface area contributed by atoms with Crippen LogP contribution in [0.25, 0.3) is 0 Å². The molecule has 0 aromatic heterocycles. The lowest BCUT2D eigenvalue weighted by molar-refractivity contribution is -0.138. The lowest BCUT2D eigenvalue weighted by Gasteiger charge is -2.25. The van der Waals surface area contributed by atoms with E-state index in [9.17, 15) is 14.0 Å². The van der Waals surface area contributed by atoms with Crippen LogP contribution in [0.4, 0.5) is 9.18 Å². The topological polar surface area (TPSA) is 72.9 Å². The van der Waals surface area contributed by atoms with Gasteiger partial charge in [-0.15, -0.1) is 0 Å². The number of nitrogens with one attached hydrogen (secondary N) is 1. The van der Waals surface area contributed by atoms with E-state index in [1.165, 1.54) is 6.07 Å². The molecule has 0 aliphatic carbocycles. The Morgan fingerprint density at radius 1 is 1.33 bits per heavy atom. The average Bonchev–Trinajstić information content (AvgIpc) is 2.88. The summed E-state index contributed by atoms with van der Waals surface area (Å²) in [7, 11) is 1.82. The molecule has 8 heteroatoms. The lowest BCUT2D eigenvalue weighted by atomic mass is 10.1. The molecule has 1 atom stereocenters. The molecule has 0 spiro atoms. The fraction of sp³-hybridized carbons (Fsp3) is 0.579. The number of aliphatic carboxylic acids is 1. The summed E-state index contributed by atoms with van der Waals surface area (Å²) in [6, 6.07) is 6.84. The third kappa shape index (κ3) is 7.38. The molecule has 1 unspecified atom stereocenters. The van der Waals surface area contributed by atoms with E-state index in [4.69, 9.17) is 5.11 Å². The highest BCUT2D eigenvalue weighted by Gasteiger charge is 2.23. The van der Waals surface area contributed by atoms with Crippen LogP contribution < -0.4 is 5.32 Å². The molecule has 6 nitrogen and oxygen atoms in total. The standard InChI is InChI=1S/C19H28FN3O3S/c1-22(13-18(24)25)16-6-4-10-23(11-8-16)19(26)21-9-12-27-14-15-5-2-3-7-17(15)20/h2-3,5,7,16H,4,6,8-14H2,1H3,(H,21,26)(H,24,25). The van der Waals surface area contributed by atoms with Crippen molar-refractivity contribution in [2.75, 3.05) is 39.0 Å². The number of halogens is 1. The number of benzene rings is 1. The van der Waals surface area contributed by atoms with Crippen molar-refractivity contribution in [3.63, 3.8) is 0 Å². The van der Waals surface area contributed by atoms with Crippen molar-refractivity contribution in [1.29, 1.82) is 0 Å². The summed E-state index contributed by atoms with van der Waals surface area (Å²) in [5.74, 6) is 0.284.